The molecule has 0 saturated heterocycles. The summed E-state index contributed by atoms with van der Waals surface area (Å²) in [5.74, 6) is -0.372. The molecule has 2 rings (SSSR count). The first kappa shape index (κ1) is 16.4. The van der Waals surface area contributed by atoms with Gasteiger partial charge in [0, 0.05) is 18.9 Å². The van der Waals surface area contributed by atoms with Gasteiger partial charge >= 0.3 is 0 Å². The number of hydrogen-bond donors (Lipinski definition) is 1. The summed E-state index contributed by atoms with van der Waals surface area (Å²) >= 11 is 0. The van der Waals surface area contributed by atoms with Crippen LogP contribution in [0.3, 0.4) is 0 Å². The lowest BCUT2D eigenvalue weighted by atomic mass is 9.98. The smallest absolute Gasteiger partial charge is 0.262 e. The first-order valence-electron chi connectivity index (χ1n) is 7.38. The summed E-state index contributed by atoms with van der Waals surface area (Å²) in [6.45, 7) is 6.36. The third kappa shape index (κ3) is 4.27. The van der Waals surface area contributed by atoms with Crippen molar-refractivity contribution in [2.24, 2.45) is 0 Å². The van der Waals surface area contributed by atoms with Crippen LogP contribution in [-0.2, 0) is 11.3 Å². The molecule has 0 unspecified atom stereocenters. The molecule has 4 nitrogen and oxygen atoms in total. The molecule has 0 aliphatic heterocycles. The van der Waals surface area contributed by atoms with Crippen LogP contribution in [0.1, 0.15) is 27.8 Å². The van der Waals surface area contributed by atoms with Gasteiger partial charge in [0.15, 0.2) is 0 Å². The number of carbonyl (C=O) groups excluding carboxylic acids is 1. The maximum atomic E-state index is 12.2. The highest BCUT2D eigenvalue weighted by Gasteiger charge is 2.11. The summed E-state index contributed by atoms with van der Waals surface area (Å²) in [5, 5.41) is 12.1. The Balaban J connectivity index is 2.19. The van der Waals surface area contributed by atoms with E-state index in [1.54, 1.807) is 18.5 Å². The Hall–Kier alpha value is -2.93. The van der Waals surface area contributed by atoms with Crippen molar-refractivity contribution in [3.63, 3.8) is 0 Å². The molecular weight excluding hydrogens is 286 g/mol. The quantitative estimate of drug-likeness (QED) is 0.696. The normalized spacial score (nSPS) is 11.0. The van der Waals surface area contributed by atoms with Crippen LogP contribution in [0.15, 0.2) is 42.2 Å². The molecule has 0 atom stereocenters. The van der Waals surface area contributed by atoms with Crippen molar-refractivity contribution >= 4 is 12.0 Å². The van der Waals surface area contributed by atoms with Crippen molar-refractivity contribution in [2.45, 2.75) is 27.3 Å². The molecule has 2 aromatic rings. The first-order chi connectivity index (χ1) is 11.0. The summed E-state index contributed by atoms with van der Waals surface area (Å²) in [5.41, 5.74) is 5.24. The molecule has 0 aliphatic carbocycles. The van der Waals surface area contributed by atoms with E-state index in [1.807, 2.05) is 51.1 Å². The number of hydrogen-bond acceptors (Lipinski definition) is 3. The van der Waals surface area contributed by atoms with Crippen LogP contribution in [0.5, 0.6) is 0 Å². The van der Waals surface area contributed by atoms with Crippen molar-refractivity contribution in [3.05, 3.63) is 70.0 Å². The molecule has 0 spiro atoms. The van der Waals surface area contributed by atoms with E-state index >= 15 is 0 Å². The molecule has 0 radical (unpaired) electrons. The number of amides is 1. The number of benzene rings is 1. The van der Waals surface area contributed by atoms with Crippen LogP contribution in [0, 0.1) is 32.1 Å². The second-order valence-electron chi connectivity index (χ2n) is 5.52. The van der Waals surface area contributed by atoms with Crippen molar-refractivity contribution in [1.82, 2.24) is 10.3 Å². The van der Waals surface area contributed by atoms with E-state index in [9.17, 15) is 10.1 Å². The van der Waals surface area contributed by atoms with E-state index in [0.717, 1.165) is 27.8 Å². The number of aromatic nitrogens is 1. The van der Waals surface area contributed by atoms with Gasteiger partial charge in [-0.05, 0) is 61.2 Å². The fourth-order valence-electron chi connectivity index (χ4n) is 2.49. The minimum atomic E-state index is -0.372. The van der Waals surface area contributed by atoms with Crippen LogP contribution >= 0.6 is 0 Å². The van der Waals surface area contributed by atoms with Gasteiger partial charge in [0.25, 0.3) is 5.91 Å². The van der Waals surface area contributed by atoms with Crippen molar-refractivity contribution in [1.29, 1.82) is 5.26 Å². The van der Waals surface area contributed by atoms with Gasteiger partial charge in [0.2, 0.25) is 0 Å². The number of aryl methyl sites for hydroxylation is 3. The molecule has 0 saturated carbocycles. The van der Waals surface area contributed by atoms with E-state index in [4.69, 9.17) is 0 Å². The second kappa shape index (κ2) is 7.37. The lowest BCUT2D eigenvalue weighted by Gasteiger charge is -2.09. The molecule has 4 heteroatoms. The molecule has 0 bridgehead atoms. The summed E-state index contributed by atoms with van der Waals surface area (Å²) in [7, 11) is 0. The number of nitrogens with zero attached hydrogens (tertiary/aromatic N) is 2. The number of rotatable bonds is 4. The average Bonchev–Trinajstić information content (AvgIpc) is 2.53. The van der Waals surface area contributed by atoms with E-state index in [1.165, 1.54) is 0 Å². The third-order valence-electron chi connectivity index (χ3n) is 3.59. The fourth-order valence-corrected chi connectivity index (χ4v) is 2.49. The third-order valence-corrected chi connectivity index (χ3v) is 3.59. The van der Waals surface area contributed by atoms with Crippen LogP contribution in [0.4, 0.5) is 0 Å². The highest BCUT2D eigenvalue weighted by Crippen LogP contribution is 2.19. The molecule has 116 valence electrons. The Kier molecular flexibility index (Phi) is 5.27. The molecule has 23 heavy (non-hydrogen) atoms. The summed E-state index contributed by atoms with van der Waals surface area (Å²) in [4.78, 5) is 16.2. The second-order valence-corrected chi connectivity index (χ2v) is 5.52. The van der Waals surface area contributed by atoms with E-state index in [2.05, 4.69) is 10.3 Å². The molecule has 1 N–H and O–H groups in total. The van der Waals surface area contributed by atoms with Gasteiger partial charge in [0.1, 0.15) is 11.6 Å². The minimum absolute atomic E-state index is 0.106. The number of nitrogens with one attached hydrogen (secondary N) is 1. The lowest BCUT2D eigenvalue weighted by molar-refractivity contribution is -0.117. The summed E-state index contributed by atoms with van der Waals surface area (Å²) < 4.78 is 0. The van der Waals surface area contributed by atoms with Gasteiger partial charge in [0.05, 0.1) is 0 Å². The Bertz CT molecular complexity index is 763. The van der Waals surface area contributed by atoms with Crippen molar-refractivity contribution in [2.75, 3.05) is 0 Å². The lowest BCUT2D eigenvalue weighted by Crippen LogP contribution is -2.24. The highest BCUT2D eigenvalue weighted by atomic mass is 16.1. The van der Waals surface area contributed by atoms with Gasteiger partial charge in [-0.1, -0.05) is 17.7 Å². The van der Waals surface area contributed by atoms with E-state index < -0.39 is 0 Å². The fraction of sp³-hybridized carbons (Fsp3) is 0.211. The topological polar surface area (TPSA) is 65.8 Å². The molecular formula is C19H19N3O. The van der Waals surface area contributed by atoms with Crippen LogP contribution in [0.25, 0.3) is 6.08 Å². The predicted molar refractivity (Wildman–Crippen MR) is 90.3 cm³/mol. The van der Waals surface area contributed by atoms with Gasteiger partial charge in [-0.25, -0.2) is 0 Å². The zero-order valence-electron chi connectivity index (χ0n) is 13.6. The largest absolute Gasteiger partial charge is 0.347 e. The van der Waals surface area contributed by atoms with E-state index in [-0.39, 0.29) is 11.5 Å². The Morgan fingerprint density at radius 3 is 2.39 bits per heavy atom. The summed E-state index contributed by atoms with van der Waals surface area (Å²) in [6, 6.07) is 9.73. The average molecular weight is 305 g/mol. The molecule has 0 aliphatic rings. The van der Waals surface area contributed by atoms with E-state index in [0.29, 0.717) is 6.54 Å². The SMILES string of the molecule is Cc1cc(C)c(/C=C(\C#N)C(=O)NCc2ccncc2)c(C)c1. The van der Waals surface area contributed by atoms with Gasteiger partial charge in [-0.2, -0.15) is 5.26 Å². The maximum absolute atomic E-state index is 12.2. The van der Waals surface area contributed by atoms with Crippen LogP contribution in [-0.4, -0.2) is 10.9 Å². The molecule has 1 amide bonds. The summed E-state index contributed by atoms with van der Waals surface area (Å²) in [6.07, 6.45) is 5.00. The van der Waals surface area contributed by atoms with Gasteiger partial charge < -0.3 is 5.32 Å². The Labute approximate surface area is 136 Å². The highest BCUT2D eigenvalue weighted by molar-refractivity contribution is 6.01. The predicted octanol–water partition coefficient (Wildman–Crippen LogP) is 3.23. The van der Waals surface area contributed by atoms with Crippen molar-refractivity contribution in [3.8, 4) is 6.07 Å². The first-order valence-corrected chi connectivity index (χ1v) is 7.38. The molecule has 0 fully saturated rings. The monoisotopic (exact) mass is 305 g/mol. The van der Waals surface area contributed by atoms with Crippen LogP contribution in [0.2, 0.25) is 0 Å². The number of carbonyl (C=O) groups is 1. The van der Waals surface area contributed by atoms with Gasteiger partial charge in [-0.15, -0.1) is 0 Å². The zero-order chi connectivity index (χ0) is 16.8. The molecule has 1 aromatic heterocycles. The minimum Gasteiger partial charge on any atom is -0.347 e. The van der Waals surface area contributed by atoms with Gasteiger partial charge in [-0.3, -0.25) is 9.78 Å². The zero-order valence-corrected chi connectivity index (χ0v) is 13.6. The molecule has 1 aromatic carbocycles. The Morgan fingerprint density at radius 1 is 1.22 bits per heavy atom. The number of nitriles is 1. The standard InChI is InChI=1S/C19H19N3O/c1-13-8-14(2)18(15(3)9-13)10-17(11-20)19(23)22-12-16-4-6-21-7-5-16/h4-10H,12H2,1-3H3,(H,22,23)/b17-10+. The molecule has 1 heterocycles. The van der Waals surface area contributed by atoms with Crippen molar-refractivity contribution < 1.29 is 4.79 Å². The number of pyridine rings is 1. The Morgan fingerprint density at radius 2 is 1.83 bits per heavy atom. The van der Waals surface area contributed by atoms with Crippen LogP contribution < -0.4 is 5.32 Å². The maximum Gasteiger partial charge on any atom is 0.262 e.